The second-order valence-electron chi connectivity index (χ2n) is 8.77. The molecule has 3 aliphatic heterocycles. The van der Waals surface area contributed by atoms with Gasteiger partial charge < -0.3 is 20.1 Å². The van der Waals surface area contributed by atoms with E-state index >= 15 is 0 Å². The van der Waals surface area contributed by atoms with Crippen LogP contribution in [0.3, 0.4) is 0 Å². The van der Waals surface area contributed by atoms with Crippen molar-refractivity contribution in [3.63, 3.8) is 0 Å². The average molecular weight is 529 g/mol. The Balaban J connectivity index is 1.16. The van der Waals surface area contributed by atoms with Gasteiger partial charge in [0, 0.05) is 43.0 Å². The number of allylic oxidation sites excluding steroid dienone is 2. The number of hydrazine groups is 1. The number of carbonyl (C=O) groups excluding carboxylic acids is 1. The van der Waals surface area contributed by atoms with E-state index in [2.05, 4.69) is 30.7 Å². The van der Waals surface area contributed by atoms with Crippen LogP contribution in [0.1, 0.15) is 15.9 Å². The minimum absolute atomic E-state index is 0.141. The molecule has 200 valence electrons. The fourth-order valence-corrected chi connectivity index (χ4v) is 4.29. The number of nitrogens with zero attached hydrogens (tertiary/aromatic N) is 3. The number of halogens is 3. The summed E-state index contributed by atoms with van der Waals surface area (Å²) in [5, 5.41) is 7.88. The van der Waals surface area contributed by atoms with Gasteiger partial charge in [-0.2, -0.15) is 5.43 Å². The predicted octanol–water partition coefficient (Wildman–Crippen LogP) is 3.17. The minimum atomic E-state index is -4.77. The molecule has 3 heterocycles. The third kappa shape index (κ3) is 6.52. The Hall–Kier alpha value is -3.87. The van der Waals surface area contributed by atoms with Crippen LogP contribution >= 0.6 is 0 Å². The maximum absolute atomic E-state index is 12.7. The van der Waals surface area contributed by atoms with Gasteiger partial charge in [0.2, 0.25) is 0 Å². The molecule has 9 nitrogen and oxygen atoms in total. The maximum Gasteiger partial charge on any atom is 0.573 e. The number of anilines is 1. The van der Waals surface area contributed by atoms with E-state index in [1.54, 1.807) is 53.6 Å². The number of ether oxygens (including phenoxy) is 2. The molecule has 0 bridgehead atoms. The summed E-state index contributed by atoms with van der Waals surface area (Å²) in [7, 11) is 0. The summed E-state index contributed by atoms with van der Waals surface area (Å²) in [6, 6.07) is 12.8. The Morgan fingerprint density at radius 1 is 1.16 bits per heavy atom. The summed E-state index contributed by atoms with van der Waals surface area (Å²) in [5.41, 5.74) is 5.64. The SMILES string of the molecule is O=C(NCCN1CCOCC1)c1ccc(NC2N=C3C=CC=C(c4cccc(OC(F)(F)F)c4)N3N2)cc1. The molecule has 1 saturated heterocycles. The number of alkyl halides is 3. The van der Waals surface area contributed by atoms with E-state index in [4.69, 9.17) is 4.74 Å². The predicted molar refractivity (Wildman–Crippen MR) is 136 cm³/mol. The van der Waals surface area contributed by atoms with Crippen molar-refractivity contribution in [1.82, 2.24) is 20.7 Å². The van der Waals surface area contributed by atoms with Crippen LogP contribution in [-0.4, -0.2) is 73.7 Å². The Morgan fingerprint density at radius 2 is 1.95 bits per heavy atom. The van der Waals surface area contributed by atoms with Crippen LogP contribution in [0.4, 0.5) is 18.9 Å². The van der Waals surface area contributed by atoms with Gasteiger partial charge in [0.1, 0.15) is 11.6 Å². The molecule has 3 aliphatic rings. The number of aliphatic imine (C=N–C) groups is 1. The minimum Gasteiger partial charge on any atom is -0.406 e. The van der Waals surface area contributed by atoms with E-state index in [0.717, 1.165) is 38.5 Å². The van der Waals surface area contributed by atoms with Gasteiger partial charge in [0.05, 0.1) is 18.9 Å². The molecule has 0 spiro atoms. The highest BCUT2D eigenvalue weighted by Crippen LogP contribution is 2.30. The van der Waals surface area contributed by atoms with Crippen molar-refractivity contribution in [3.8, 4) is 5.75 Å². The van der Waals surface area contributed by atoms with Crippen molar-refractivity contribution in [2.45, 2.75) is 12.7 Å². The second kappa shape index (κ2) is 11.3. The number of carbonyl (C=O) groups is 1. The average Bonchev–Trinajstić information content (AvgIpc) is 3.31. The van der Waals surface area contributed by atoms with E-state index in [-0.39, 0.29) is 11.7 Å². The number of hydrogen-bond acceptors (Lipinski definition) is 8. The van der Waals surface area contributed by atoms with Gasteiger partial charge in [-0.1, -0.05) is 18.2 Å². The topological polar surface area (TPSA) is 90.5 Å². The first-order chi connectivity index (χ1) is 18.3. The molecule has 12 heteroatoms. The molecule has 0 saturated carbocycles. The summed E-state index contributed by atoms with van der Waals surface area (Å²) in [6.45, 7) is 4.54. The van der Waals surface area contributed by atoms with Crippen molar-refractivity contribution < 1.29 is 27.4 Å². The molecule has 2 aromatic rings. The highest BCUT2D eigenvalue weighted by atomic mass is 19.4. The third-order valence-corrected chi connectivity index (χ3v) is 6.11. The largest absolute Gasteiger partial charge is 0.573 e. The molecule has 2 aromatic carbocycles. The van der Waals surface area contributed by atoms with Crippen molar-refractivity contribution in [2.24, 2.45) is 4.99 Å². The maximum atomic E-state index is 12.7. The molecule has 38 heavy (non-hydrogen) atoms. The quantitative estimate of drug-likeness (QED) is 0.485. The van der Waals surface area contributed by atoms with Crippen LogP contribution in [0.25, 0.3) is 5.70 Å². The van der Waals surface area contributed by atoms with E-state index in [1.807, 2.05) is 0 Å². The van der Waals surface area contributed by atoms with Gasteiger partial charge in [0.15, 0.2) is 6.29 Å². The van der Waals surface area contributed by atoms with E-state index in [1.165, 1.54) is 18.2 Å². The molecule has 1 amide bonds. The van der Waals surface area contributed by atoms with Crippen molar-refractivity contribution in [2.75, 3.05) is 44.7 Å². The number of nitrogens with one attached hydrogen (secondary N) is 3. The van der Waals surface area contributed by atoms with Crippen LogP contribution in [0.15, 0.2) is 71.8 Å². The number of amidine groups is 1. The molecule has 0 aromatic heterocycles. The van der Waals surface area contributed by atoms with Crippen molar-refractivity contribution >= 4 is 23.1 Å². The third-order valence-electron chi connectivity index (χ3n) is 6.11. The fraction of sp³-hybridized carbons (Fsp3) is 0.308. The normalized spacial score (nSPS) is 19.4. The standard InChI is InChI=1S/C26H27F3N6O3/c27-26(28,29)38-21-4-1-3-19(17-21)22-5-2-6-23-32-25(33-35(22)23)31-20-9-7-18(8-10-20)24(36)30-11-12-34-13-15-37-16-14-34/h1-10,17,25,31,33H,11-16H2,(H,30,36). The monoisotopic (exact) mass is 528 g/mol. The molecular formula is C26H27F3N6O3. The number of amides is 1. The molecule has 1 fully saturated rings. The zero-order valence-electron chi connectivity index (χ0n) is 20.4. The second-order valence-corrected chi connectivity index (χ2v) is 8.77. The lowest BCUT2D eigenvalue weighted by Crippen LogP contribution is -2.42. The van der Waals surface area contributed by atoms with Gasteiger partial charge in [-0.3, -0.25) is 14.7 Å². The van der Waals surface area contributed by atoms with Gasteiger partial charge in [-0.15, -0.1) is 13.2 Å². The summed E-state index contributed by atoms with van der Waals surface area (Å²) >= 11 is 0. The zero-order chi connectivity index (χ0) is 26.5. The van der Waals surface area contributed by atoms with Crippen molar-refractivity contribution in [1.29, 1.82) is 0 Å². The highest BCUT2D eigenvalue weighted by molar-refractivity contribution is 6.02. The first kappa shape index (κ1) is 25.8. The van der Waals surface area contributed by atoms with Crippen LogP contribution in [0.5, 0.6) is 5.75 Å². The first-order valence-electron chi connectivity index (χ1n) is 12.2. The zero-order valence-corrected chi connectivity index (χ0v) is 20.4. The molecule has 0 aliphatic carbocycles. The Morgan fingerprint density at radius 3 is 2.71 bits per heavy atom. The number of hydrogen-bond donors (Lipinski definition) is 3. The molecule has 0 radical (unpaired) electrons. The Labute approximate surface area is 217 Å². The van der Waals surface area contributed by atoms with E-state index < -0.39 is 12.7 Å². The summed E-state index contributed by atoms with van der Waals surface area (Å²) < 4.78 is 47.4. The molecular weight excluding hydrogens is 501 g/mol. The van der Waals surface area contributed by atoms with Crippen LogP contribution < -0.4 is 20.8 Å². The highest BCUT2D eigenvalue weighted by Gasteiger charge is 2.32. The molecule has 5 rings (SSSR count). The first-order valence-corrected chi connectivity index (χ1v) is 12.2. The lowest BCUT2D eigenvalue weighted by Gasteiger charge is -2.26. The summed E-state index contributed by atoms with van der Waals surface area (Å²) in [6.07, 6.45) is 0.0375. The van der Waals surface area contributed by atoms with E-state index in [9.17, 15) is 18.0 Å². The molecule has 1 unspecified atom stereocenters. The lowest BCUT2D eigenvalue weighted by molar-refractivity contribution is -0.274. The van der Waals surface area contributed by atoms with Gasteiger partial charge in [0.25, 0.3) is 5.91 Å². The number of rotatable bonds is 8. The van der Waals surface area contributed by atoms with Gasteiger partial charge >= 0.3 is 6.36 Å². The van der Waals surface area contributed by atoms with Gasteiger partial charge in [-0.05, 0) is 48.6 Å². The van der Waals surface area contributed by atoms with Crippen LogP contribution in [0.2, 0.25) is 0 Å². The van der Waals surface area contributed by atoms with Crippen LogP contribution in [-0.2, 0) is 4.74 Å². The van der Waals surface area contributed by atoms with E-state index in [0.29, 0.717) is 29.2 Å². The fourth-order valence-electron chi connectivity index (χ4n) is 4.29. The smallest absolute Gasteiger partial charge is 0.406 e. The summed E-state index contributed by atoms with van der Waals surface area (Å²) in [4.78, 5) is 19.3. The Bertz CT molecular complexity index is 1240. The number of fused-ring (bicyclic) bond motifs is 1. The molecule has 3 N–H and O–H groups in total. The summed E-state index contributed by atoms with van der Waals surface area (Å²) in [5.74, 6) is 0.152. The van der Waals surface area contributed by atoms with Crippen molar-refractivity contribution in [3.05, 3.63) is 77.9 Å². The van der Waals surface area contributed by atoms with Crippen LogP contribution in [0, 0.1) is 0 Å². The van der Waals surface area contributed by atoms with Gasteiger partial charge in [-0.25, -0.2) is 4.99 Å². The lowest BCUT2D eigenvalue weighted by atomic mass is 10.1. The Kier molecular flexibility index (Phi) is 7.63. The number of morpholine rings is 1. The molecule has 1 atom stereocenters. The number of benzene rings is 2.